The lowest BCUT2D eigenvalue weighted by molar-refractivity contribution is 0.0905. The maximum absolute atomic E-state index is 13.1. The molecule has 4 aromatic rings. The second kappa shape index (κ2) is 8.87. The van der Waals surface area contributed by atoms with E-state index in [0.717, 1.165) is 28.9 Å². The molecule has 1 amide bonds. The van der Waals surface area contributed by atoms with E-state index in [-0.39, 0.29) is 11.7 Å². The molecule has 0 spiro atoms. The molecule has 2 heterocycles. The van der Waals surface area contributed by atoms with Crippen LogP contribution in [0.2, 0.25) is 0 Å². The molecule has 2 aromatic heterocycles. The molecule has 0 unspecified atom stereocenters. The molecule has 158 valence electrons. The first kappa shape index (κ1) is 20.4. The zero-order valence-corrected chi connectivity index (χ0v) is 17.7. The minimum Gasteiger partial charge on any atom is -0.496 e. The average Bonchev–Trinajstić information content (AvgIpc) is 3.44. The molecule has 0 bridgehead atoms. The number of carbonyl (C=O) groups is 1. The van der Waals surface area contributed by atoms with Crippen molar-refractivity contribution in [3.05, 3.63) is 89.4 Å². The molecule has 31 heavy (non-hydrogen) atoms. The molecule has 7 heteroatoms. The van der Waals surface area contributed by atoms with Crippen molar-refractivity contribution in [2.45, 2.75) is 26.4 Å². The smallest absolute Gasteiger partial charge is 0.290 e. The summed E-state index contributed by atoms with van der Waals surface area (Å²) in [6.45, 7) is 4.67. The van der Waals surface area contributed by atoms with Crippen molar-refractivity contribution in [1.82, 2.24) is 20.3 Å². The standard InChI is InChI=1S/C24H24N4O3/c1-4-28-15-19(16(2)26-28)20-14-22(31-27-20)24(29)25-23(17-10-6-5-7-11-17)18-12-8-9-13-21(18)30-3/h5-15,23H,4H2,1-3H3,(H,25,29)/t23-/m1/s1. The van der Waals surface area contributed by atoms with E-state index in [9.17, 15) is 4.79 Å². The van der Waals surface area contributed by atoms with Crippen molar-refractivity contribution in [1.29, 1.82) is 0 Å². The minimum absolute atomic E-state index is 0.134. The predicted molar refractivity (Wildman–Crippen MR) is 117 cm³/mol. The number of hydrogen-bond acceptors (Lipinski definition) is 5. The van der Waals surface area contributed by atoms with E-state index in [1.54, 1.807) is 13.2 Å². The van der Waals surface area contributed by atoms with E-state index >= 15 is 0 Å². The number of aromatic nitrogens is 3. The van der Waals surface area contributed by atoms with Crippen LogP contribution in [0, 0.1) is 6.92 Å². The van der Waals surface area contributed by atoms with Gasteiger partial charge in [0.25, 0.3) is 5.91 Å². The molecule has 7 nitrogen and oxygen atoms in total. The number of amides is 1. The Morgan fingerprint density at radius 2 is 1.90 bits per heavy atom. The van der Waals surface area contributed by atoms with Gasteiger partial charge in [-0.25, -0.2) is 0 Å². The molecular weight excluding hydrogens is 392 g/mol. The Balaban J connectivity index is 1.64. The SMILES string of the molecule is CCn1cc(-c2cc(C(=O)N[C@H](c3ccccc3)c3ccccc3OC)on2)c(C)n1. The molecule has 0 aliphatic rings. The topological polar surface area (TPSA) is 82.2 Å². The Labute approximate surface area is 180 Å². The van der Waals surface area contributed by atoms with Gasteiger partial charge in [-0.15, -0.1) is 0 Å². The number of para-hydroxylation sites is 1. The van der Waals surface area contributed by atoms with Gasteiger partial charge in [0.15, 0.2) is 0 Å². The third-order valence-corrected chi connectivity index (χ3v) is 5.14. The molecule has 4 rings (SSSR count). The molecule has 0 aliphatic heterocycles. The van der Waals surface area contributed by atoms with Crippen LogP contribution >= 0.6 is 0 Å². The molecule has 0 fully saturated rings. The van der Waals surface area contributed by atoms with Gasteiger partial charge < -0.3 is 14.6 Å². The van der Waals surface area contributed by atoms with E-state index in [2.05, 4.69) is 15.6 Å². The summed E-state index contributed by atoms with van der Waals surface area (Å²) in [6.07, 6.45) is 1.90. The number of methoxy groups -OCH3 is 1. The number of benzene rings is 2. The highest BCUT2D eigenvalue weighted by Crippen LogP contribution is 2.30. The predicted octanol–water partition coefficient (Wildman–Crippen LogP) is 4.39. The number of nitrogens with zero attached hydrogens (tertiary/aromatic N) is 3. The van der Waals surface area contributed by atoms with Gasteiger partial charge in [-0.3, -0.25) is 9.48 Å². The molecule has 0 aliphatic carbocycles. The van der Waals surface area contributed by atoms with Gasteiger partial charge in [-0.2, -0.15) is 5.10 Å². The summed E-state index contributed by atoms with van der Waals surface area (Å²) in [7, 11) is 1.62. The average molecular weight is 416 g/mol. The Morgan fingerprint density at radius 3 is 2.61 bits per heavy atom. The molecule has 2 aromatic carbocycles. The van der Waals surface area contributed by atoms with Crippen LogP contribution in [-0.2, 0) is 6.54 Å². The van der Waals surface area contributed by atoms with Crippen molar-refractivity contribution in [3.8, 4) is 17.0 Å². The third-order valence-electron chi connectivity index (χ3n) is 5.14. The monoisotopic (exact) mass is 416 g/mol. The lowest BCUT2D eigenvalue weighted by atomic mass is 9.97. The number of ether oxygens (including phenoxy) is 1. The zero-order valence-electron chi connectivity index (χ0n) is 17.7. The Morgan fingerprint density at radius 1 is 1.16 bits per heavy atom. The van der Waals surface area contributed by atoms with Crippen molar-refractivity contribution in [2.75, 3.05) is 7.11 Å². The highest BCUT2D eigenvalue weighted by atomic mass is 16.5. The third kappa shape index (κ3) is 4.21. The molecule has 0 radical (unpaired) electrons. The van der Waals surface area contributed by atoms with Crippen LogP contribution in [0.25, 0.3) is 11.3 Å². The highest BCUT2D eigenvalue weighted by Gasteiger charge is 2.24. The van der Waals surface area contributed by atoms with Gasteiger partial charge in [0.05, 0.1) is 18.8 Å². The van der Waals surface area contributed by atoms with Crippen molar-refractivity contribution < 1.29 is 14.1 Å². The van der Waals surface area contributed by atoms with Crippen LogP contribution in [0.4, 0.5) is 0 Å². The number of aryl methyl sites for hydroxylation is 2. The highest BCUT2D eigenvalue weighted by molar-refractivity contribution is 5.93. The van der Waals surface area contributed by atoms with Gasteiger partial charge in [-0.05, 0) is 25.5 Å². The van der Waals surface area contributed by atoms with E-state index in [1.807, 2.05) is 79.3 Å². The van der Waals surface area contributed by atoms with Crippen molar-refractivity contribution in [2.24, 2.45) is 0 Å². The number of carbonyl (C=O) groups excluding carboxylic acids is 1. The van der Waals surface area contributed by atoms with Crippen molar-refractivity contribution >= 4 is 5.91 Å². The van der Waals surface area contributed by atoms with E-state index < -0.39 is 6.04 Å². The Bertz CT molecular complexity index is 1180. The van der Waals surface area contributed by atoms with Crippen LogP contribution in [0.5, 0.6) is 5.75 Å². The first-order valence-electron chi connectivity index (χ1n) is 10.1. The second-order valence-electron chi connectivity index (χ2n) is 7.12. The maximum atomic E-state index is 13.1. The molecule has 1 atom stereocenters. The summed E-state index contributed by atoms with van der Waals surface area (Å²) in [4.78, 5) is 13.1. The summed E-state index contributed by atoms with van der Waals surface area (Å²) < 4.78 is 12.7. The minimum atomic E-state index is -0.414. The molecular formula is C24H24N4O3. The van der Waals surface area contributed by atoms with Gasteiger partial charge in [0.2, 0.25) is 5.76 Å². The summed E-state index contributed by atoms with van der Waals surface area (Å²) in [6, 6.07) is 18.6. The number of nitrogens with one attached hydrogen (secondary N) is 1. The van der Waals surface area contributed by atoms with Crippen LogP contribution in [-0.4, -0.2) is 28.0 Å². The first-order valence-corrected chi connectivity index (χ1v) is 10.1. The van der Waals surface area contributed by atoms with Gasteiger partial charge in [0, 0.05) is 29.9 Å². The normalized spacial score (nSPS) is 11.8. The summed E-state index contributed by atoms with van der Waals surface area (Å²) in [5, 5.41) is 11.6. The summed E-state index contributed by atoms with van der Waals surface area (Å²) in [5.74, 6) is 0.464. The van der Waals surface area contributed by atoms with Gasteiger partial charge in [0.1, 0.15) is 11.4 Å². The largest absolute Gasteiger partial charge is 0.496 e. The summed E-state index contributed by atoms with van der Waals surface area (Å²) in [5.41, 5.74) is 4.03. The van der Waals surface area contributed by atoms with E-state index in [4.69, 9.17) is 9.26 Å². The quantitative estimate of drug-likeness (QED) is 0.483. The fraction of sp³-hybridized carbons (Fsp3) is 0.208. The van der Waals surface area contributed by atoms with E-state index in [1.165, 1.54) is 0 Å². The van der Waals surface area contributed by atoms with Crippen LogP contribution in [0.3, 0.4) is 0 Å². The lowest BCUT2D eigenvalue weighted by Crippen LogP contribution is -2.29. The van der Waals surface area contributed by atoms with Crippen LogP contribution < -0.4 is 10.1 Å². The summed E-state index contributed by atoms with van der Waals surface area (Å²) >= 11 is 0. The van der Waals surface area contributed by atoms with Crippen LogP contribution in [0.1, 0.15) is 40.3 Å². The van der Waals surface area contributed by atoms with Crippen molar-refractivity contribution in [3.63, 3.8) is 0 Å². The number of rotatable bonds is 7. The number of hydrogen-bond donors (Lipinski definition) is 1. The van der Waals surface area contributed by atoms with Gasteiger partial charge >= 0.3 is 0 Å². The fourth-order valence-electron chi connectivity index (χ4n) is 3.53. The van der Waals surface area contributed by atoms with Crippen LogP contribution in [0.15, 0.2) is 71.4 Å². The Kier molecular flexibility index (Phi) is 5.84. The maximum Gasteiger partial charge on any atom is 0.290 e. The molecule has 0 saturated carbocycles. The fourth-order valence-corrected chi connectivity index (χ4v) is 3.53. The lowest BCUT2D eigenvalue weighted by Gasteiger charge is -2.21. The second-order valence-corrected chi connectivity index (χ2v) is 7.12. The molecule has 1 N–H and O–H groups in total. The van der Waals surface area contributed by atoms with Gasteiger partial charge in [-0.1, -0.05) is 53.7 Å². The molecule has 0 saturated heterocycles. The zero-order chi connectivity index (χ0) is 21.8. The Hall–Kier alpha value is -3.87. The van der Waals surface area contributed by atoms with E-state index in [0.29, 0.717) is 11.4 Å². The first-order chi connectivity index (χ1) is 15.1.